The predicted molar refractivity (Wildman–Crippen MR) is 108 cm³/mol. The fourth-order valence-electron chi connectivity index (χ4n) is 2.93. The zero-order valence-electron chi connectivity index (χ0n) is 15.1. The summed E-state index contributed by atoms with van der Waals surface area (Å²) in [6.45, 7) is 1.01. The number of methoxy groups -OCH3 is 1. The summed E-state index contributed by atoms with van der Waals surface area (Å²) in [5.41, 5.74) is 0.409. The lowest BCUT2D eigenvalue weighted by Crippen LogP contribution is -2.35. The molecule has 6 nitrogen and oxygen atoms in total. The van der Waals surface area contributed by atoms with E-state index in [9.17, 15) is 13.2 Å². The number of carbonyl (C=O) groups is 1. The number of benzene rings is 1. The van der Waals surface area contributed by atoms with Crippen LogP contribution in [0, 0.1) is 0 Å². The van der Waals surface area contributed by atoms with Crippen LogP contribution < -0.4 is 10.1 Å². The van der Waals surface area contributed by atoms with E-state index in [1.165, 1.54) is 34.9 Å². The van der Waals surface area contributed by atoms with Crippen molar-refractivity contribution in [2.75, 3.05) is 25.5 Å². The highest BCUT2D eigenvalue weighted by atomic mass is 32.2. The summed E-state index contributed by atoms with van der Waals surface area (Å²) in [6.07, 6.45) is 5.89. The maximum atomic E-state index is 13.0. The molecule has 0 bridgehead atoms. The first-order chi connectivity index (χ1) is 13.0. The molecule has 8 heteroatoms. The molecule has 1 amide bonds. The number of thiophene rings is 1. The molecule has 1 saturated heterocycles. The molecule has 0 saturated carbocycles. The highest BCUT2D eigenvalue weighted by Crippen LogP contribution is 2.31. The lowest BCUT2D eigenvalue weighted by Gasteiger charge is -2.26. The molecular formula is C19H22N2O4S2. The van der Waals surface area contributed by atoms with Crippen LogP contribution in [0.2, 0.25) is 0 Å². The van der Waals surface area contributed by atoms with Crippen molar-refractivity contribution in [2.24, 2.45) is 0 Å². The van der Waals surface area contributed by atoms with Gasteiger partial charge in [-0.2, -0.15) is 4.31 Å². The van der Waals surface area contributed by atoms with E-state index in [1.807, 2.05) is 17.5 Å². The zero-order valence-corrected chi connectivity index (χ0v) is 16.7. The lowest BCUT2D eigenvalue weighted by atomic mass is 10.2. The van der Waals surface area contributed by atoms with Crippen LogP contribution in [0.25, 0.3) is 6.08 Å². The van der Waals surface area contributed by atoms with Crippen LogP contribution in [0.3, 0.4) is 0 Å². The Morgan fingerprint density at radius 2 is 2.00 bits per heavy atom. The third kappa shape index (κ3) is 4.77. The molecule has 3 rings (SSSR count). The number of sulfonamides is 1. The SMILES string of the molecule is COc1ccc(NC(=O)/C=C/c2cccs2)cc1S(=O)(=O)N1CCCCC1. The van der Waals surface area contributed by atoms with Gasteiger partial charge in [0.1, 0.15) is 10.6 Å². The number of piperidine rings is 1. The van der Waals surface area contributed by atoms with Gasteiger partial charge < -0.3 is 10.1 Å². The van der Waals surface area contributed by atoms with Gasteiger partial charge in [-0.3, -0.25) is 4.79 Å². The average molecular weight is 407 g/mol. The molecule has 0 radical (unpaired) electrons. The molecule has 0 spiro atoms. The van der Waals surface area contributed by atoms with E-state index in [0.29, 0.717) is 18.8 Å². The van der Waals surface area contributed by atoms with Crippen LogP contribution in [0.4, 0.5) is 5.69 Å². The molecule has 144 valence electrons. The first-order valence-electron chi connectivity index (χ1n) is 8.71. The second kappa shape index (κ2) is 8.69. The first-order valence-corrected chi connectivity index (χ1v) is 11.0. The summed E-state index contributed by atoms with van der Waals surface area (Å²) < 4.78 is 32.7. The monoisotopic (exact) mass is 406 g/mol. The van der Waals surface area contributed by atoms with Gasteiger partial charge >= 0.3 is 0 Å². The van der Waals surface area contributed by atoms with Gasteiger partial charge in [-0.1, -0.05) is 12.5 Å². The van der Waals surface area contributed by atoms with Crippen LogP contribution in [0.5, 0.6) is 5.75 Å². The number of hydrogen-bond donors (Lipinski definition) is 1. The molecule has 2 heterocycles. The van der Waals surface area contributed by atoms with Crippen LogP contribution in [0.1, 0.15) is 24.1 Å². The molecule has 1 fully saturated rings. The highest BCUT2D eigenvalue weighted by Gasteiger charge is 2.29. The Bertz CT molecular complexity index is 915. The van der Waals surface area contributed by atoms with Crippen LogP contribution in [-0.2, 0) is 14.8 Å². The minimum Gasteiger partial charge on any atom is -0.495 e. The first kappa shape index (κ1) is 19.6. The number of carbonyl (C=O) groups excluding carboxylic acids is 1. The van der Waals surface area contributed by atoms with Gasteiger partial charge in [0, 0.05) is 29.7 Å². The van der Waals surface area contributed by atoms with Gasteiger partial charge in [-0.05, 0) is 48.6 Å². The Kier molecular flexibility index (Phi) is 6.30. The lowest BCUT2D eigenvalue weighted by molar-refractivity contribution is -0.111. The minimum absolute atomic E-state index is 0.0759. The summed E-state index contributed by atoms with van der Waals surface area (Å²) in [5, 5.41) is 4.64. The van der Waals surface area contributed by atoms with Crippen molar-refractivity contribution < 1.29 is 17.9 Å². The molecule has 1 aromatic heterocycles. The number of nitrogens with one attached hydrogen (secondary N) is 1. The maximum absolute atomic E-state index is 13.0. The van der Waals surface area contributed by atoms with E-state index in [1.54, 1.807) is 18.2 Å². The smallest absolute Gasteiger partial charge is 0.248 e. The summed E-state index contributed by atoms with van der Waals surface area (Å²) in [7, 11) is -2.23. The zero-order chi connectivity index (χ0) is 19.3. The molecule has 1 aromatic carbocycles. The van der Waals surface area contributed by atoms with E-state index < -0.39 is 10.0 Å². The van der Waals surface area contributed by atoms with Crippen molar-refractivity contribution in [3.05, 3.63) is 46.7 Å². The molecule has 0 aliphatic carbocycles. The second-order valence-corrected chi connectivity index (χ2v) is 9.05. The van der Waals surface area contributed by atoms with Crippen molar-refractivity contribution in [2.45, 2.75) is 24.2 Å². The van der Waals surface area contributed by atoms with Crippen molar-refractivity contribution in [1.29, 1.82) is 0 Å². The van der Waals surface area contributed by atoms with E-state index in [0.717, 1.165) is 24.1 Å². The molecule has 27 heavy (non-hydrogen) atoms. The Morgan fingerprint density at radius 1 is 1.22 bits per heavy atom. The van der Waals surface area contributed by atoms with Gasteiger partial charge in [0.05, 0.1) is 7.11 Å². The normalized spacial score (nSPS) is 15.7. The minimum atomic E-state index is -3.67. The van der Waals surface area contributed by atoms with Crippen molar-refractivity contribution >= 4 is 39.0 Å². The van der Waals surface area contributed by atoms with E-state index in [2.05, 4.69) is 5.32 Å². The summed E-state index contributed by atoms with van der Waals surface area (Å²) in [5.74, 6) is -0.0532. The maximum Gasteiger partial charge on any atom is 0.248 e. The standard InChI is InChI=1S/C19H22N2O4S2/c1-25-17-9-7-15(20-19(22)10-8-16-6-5-13-26-16)14-18(17)27(23,24)21-11-3-2-4-12-21/h5-10,13-14H,2-4,11-12H2,1H3,(H,20,22)/b10-8+. The van der Waals surface area contributed by atoms with Gasteiger partial charge in [0.2, 0.25) is 15.9 Å². The third-order valence-electron chi connectivity index (χ3n) is 4.31. The largest absolute Gasteiger partial charge is 0.495 e. The molecule has 0 atom stereocenters. The summed E-state index contributed by atoms with van der Waals surface area (Å²) >= 11 is 1.53. The van der Waals surface area contributed by atoms with E-state index >= 15 is 0 Å². The Hall–Kier alpha value is -2.16. The molecule has 1 N–H and O–H groups in total. The molecule has 1 aliphatic heterocycles. The average Bonchev–Trinajstić information content (AvgIpc) is 3.21. The topological polar surface area (TPSA) is 75.7 Å². The molecule has 1 aliphatic rings. The Labute approximate surface area is 163 Å². The molecule has 2 aromatic rings. The van der Waals surface area contributed by atoms with Gasteiger partial charge in [0.25, 0.3) is 0 Å². The van der Waals surface area contributed by atoms with E-state index in [-0.39, 0.29) is 16.6 Å². The van der Waals surface area contributed by atoms with Crippen molar-refractivity contribution in [3.63, 3.8) is 0 Å². The Balaban J connectivity index is 1.81. The van der Waals surface area contributed by atoms with Crippen molar-refractivity contribution in [3.8, 4) is 5.75 Å². The summed E-state index contributed by atoms with van der Waals surface area (Å²) in [6, 6.07) is 8.47. The number of rotatable bonds is 6. The predicted octanol–water partition coefficient (Wildman–Crippen LogP) is 3.58. The van der Waals surface area contributed by atoms with Gasteiger partial charge in [0.15, 0.2) is 0 Å². The van der Waals surface area contributed by atoms with E-state index in [4.69, 9.17) is 4.74 Å². The van der Waals surface area contributed by atoms with Crippen molar-refractivity contribution in [1.82, 2.24) is 4.31 Å². The Morgan fingerprint density at radius 3 is 2.67 bits per heavy atom. The molecule has 0 unspecified atom stereocenters. The fourth-order valence-corrected chi connectivity index (χ4v) is 5.24. The number of ether oxygens (including phenoxy) is 1. The highest BCUT2D eigenvalue weighted by molar-refractivity contribution is 7.89. The third-order valence-corrected chi connectivity index (χ3v) is 7.06. The van der Waals surface area contributed by atoms with Gasteiger partial charge in [-0.15, -0.1) is 11.3 Å². The second-order valence-electron chi connectivity index (χ2n) is 6.17. The fraction of sp³-hybridized carbons (Fsp3) is 0.316. The number of hydrogen-bond acceptors (Lipinski definition) is 5. The number of nitrogens with zero attached hydrogens (tertiary/aromatic N) is 1. The van der Waals surface area contributed by atoms with Crippen LogP contribution in [-0.4, -0.2) is 38.8 Å². The van der Waals surface area contributed by atoms with Gasteiger partial charge in [-0.25, -0.2) is 8.42 Å². The number of anilines is 1. The number of amides is 1. The summed E-state index contributed by atoms with van der Waals surface area (Å²) in [4.78, 5) is 13.2. The molecular weight excluding hydrogens is 384 g/mol. The van der Waals surface area contributed by atoms with Crippen LogP contribution >= 0.6 is 11.3 Å². The van der Waals surface area contributed by atoms with Crippen LogP contribution in [0.15, 0.2) is 46.7 Å². The quantitative estimate of drug-likeness (QED) is 0.744.